The summed E-state index contributed by atoms with van der Waals surface area (Å²) in [7, 11) is 5.76. The van der Waals surface area contributed by atoms with Gasteiger partial charge in [-0.15, -0.1) is 24.0 Å². The molecule has 0 saturated heterocycles. The van der Waals surface area contributed by atoms with Crippen molar-refractivity contribution < 1.29 is 13.5 Å². The van der Waals surface area contributed by atoms with E-state index in [1.165, 1.54) is 0 Å². The Morgan fingerprint density at radius 3 is 2.46 bits per heavy atom. The molecule has 0 aliphatic rings. The minimum absolute atomic E-state index is 0. The summed E-state index contributed by atoms with van der Waals surface area (Å²) in [6.07, 6.45) is 0. The number of hydrogen-bond acceptors (Lipinski definition) is 3. The second-order valence-corrected chi connectivity index (χ2v) is 7.17. The molecule has 0 aliphatic carbocycles. The van der Waals surface area contributed by atoms with Gasteiger partial charge >= 0.3 is 6.61 Å². The normalized spacial score (nSPS) is 12.2. The van der Waals surface area contributed by atoms with Crippen LogP contribution in [0.5, 0.6) is 5.75 Å². The molecule has 0 unspecified atom stereocenters. The first-order chi connectivity index (χ1) is 11.6. The topological polar surface area (TPSA) is 48.9 Å². The fourth-order valence-electron chi connectivity index (χ4n) is 2.69. The number of nitrogens with zero attached hydrogens (tertiary/aromatic N) is 2. The van der Waals surface area contributed by atoms with Crippen LogP contribution in [0.2, 0.25) is 0 Å². The molecule has 1 aromatic carbocycles. The SMILES string of the molecule is CN=C(NCc1cc(C)ccc1OC(F)F)NCC(C)(C)CN(C)C.I. The van der Waals surface area contributed by atoms with Crippen molar-refractivity contribution in [1.82, 2.24) is 15.5 Å². The van der Waals surface area contributed by atoms with Crippen LogP contribution in [-0.2, 0) is 6.54 Å². The van der Waals surface area contributed by atoms with Crippen molar-refractivity contribution in [3.63, 3.8) is 0 Å². The lowest BCUT2D eigenvalue weighted by Crippen LogP contribution is -2.44. The molecule has 1 aromatic rings. The van der Waals surface area contributed by atoms with Crippen LogP contribution < -0.4 is 15.4 Å². The molecule has 0 saturated carbocycles. The quantitative estimate of drug-likeness (QED) is 0.337. The monoisotopic (exact) mass is 484 g/mol. The maximum atomic E-state index is 12.5. The highest BCUT2D eigenvalue weighted by atomic mass is 127. The Hall–Kier alpha value is -1.16. The van der Waals surface area contributed by atoms with Crippen LogP contribution in [0.1, 0.15) is 25.0 Å². The molecule has 8 heteroatoms. The van der Waals surface area contributed by atoms with Gasteiger partial charge < -0.3 is 20.3 Å². The molecular weight excluding hydrogens is 453 g/mol. The van der Waals surface area contributed by atoms with E-state index in [1.54, 1.807) is 19.2 Å². The van der Waals surface area contributed by atoms with E-state index in [4.69, 9.17) is 0 Å². The van der Waals surface area contributed by atoms with Crippen LogP contribution in [0.15, 0.2) is 23.2 Å². The van der Waals surface area contributed by atoms with Crippen LogP contribution in [0.4, 0.5) is 8.78 Å². The van der Waals surface area contributed by atoms with Crippen molar-refractivity contribution in [2.75, 3.05) is 34.2 Å². The van der Waals surface area contributed by atoms with Crippen molar-refractivity contribution in [2.24, 2.45) is 10.4 Å². The molecule has 0 atom stereocenters. The van der Waals surface area contributed by atoms with E-state index in [9.17, 15) is 8.78 Å². The predicted octanol–water partition coefficient (Wildman–Crippen LogP) is 3.47. The molecule has 0 amide bonds. The van der Waals surface area contributed by atoms with Crippen molar-refractivity contribution in [1.29, 1.82) is 0 Å². The zero-order valence-electron chi connectivity index (χ0n) is 16.4. The average molecular weight is 484 g/mol. The van der Waals surface area contributed by atoms with Gasteiger partial charge in [0.05, 0.1) is 0 Å². The van der Waals surface area contributed by atoms with Gasteiger partial charge in [-0.3, -0.25) is 4.99 Å². The van der Waals surface area contributed by atoms with Crippen LogP contribution in [-0.4, -0.2) is 51.7 Å². The molecule has 2 N–H and O–H groups in total. The maximum Gasteiger partial charge on any atom is 0.387 e. The van der Waals surface area contributed by atoms with Gasteiger partial charge in [0.25, 0.3) is 0 Å². The number of rotatable bonds is 8. The summed E-state index contributed by atoms with van der Waals surface area (Å²) >= 11 is 0. The number of alkyl halides is 2. The van der Waals surface area contributed by atoms with Gasteiger partial charge in [0.2, 0.25) is 0 Å². The minimum atomic E-state index is -2.84. The van der Waals surface area contributed by atoms with E-state index >= 15 is 0 Å². The molecule has 5 nitrogen and oxygen atoms in total. The molecule has 0 radical (unpaired) electrons. The fourth-order valence-corrected chi connectivity index (χ4v) is 2.69. The number of halogens is 3. The van der Waals surface area contributed by atoms with Crippen molar-refractivity contribution in [2.45, 2.75) is 33.9 Å². The largest absolute Gasteiger partial charge is 0.434 e. The Morgan fingerprint density at radius 2 is 1.92 bits per heavy atom. The third-order valence-corrected chi connectivity index (χ3v) is 3.58. The summed E-state index contributed by atoms with van der Waals surface area (Å²) < 4.78 is 29.7. The number of ether oxygens (including phenoxy) is 1. The molecule has 0 heterocycles. The first-order valence-electron chi connectivity index (χ1n) is 8.26. The van der Waals surface area contributed by atoms with E-state index < -0.39 is 6.61 Å². The Balaban J connectivity index is 0.00000625. The van der Waals surface area contributed by atoms with Gasteiger partial charge in [-0.1, -0.05) is 31.5 Å². The van der Waals surface area contributed by atoms with Crippen LogP contribution in [0.25, 0.3) is 0 Å². The van der Waals surface area contributed by atoms with E-state index in [-0.39, 0.29) is 35.1 Å². The molecule has 1 rings (SSSR count). The van der Waals surface area contributed by atoms with E-state index in [1.807, 2.05) is 27.1 Å². The van der Waals surface area contributed by atoms with Crippen LogP contribution in [0.3, 0.4) is 0 Å². The second-order valence-electron chi connectivity index (χ2n) is 7.17. The summed E-state index contributed by atoms with van der Waals surface area (Å²) in [5.41, 5.74) is 1.71. The first kappa shape index (κ1) is 24.8. The van der Waals surface area contributed by atoms with Crippen molar-refractivity contribution in [3.8, 4) is 5.75 Å². The Morgan fingerprint density at radius 1 is 1.27 bits per heavy atom. The minimum Gasteiger partial charge on any atom is -0.434 e. The summed E-state index contributed by atoms with van der Waals surface area (Å²) in [4.78, 5) is 6.33. The molecule has 0 fully saturated rings. The van der Waals surface area contributed by atoms with Crippen molar-refractivity contribution >= 4 is 29.9 Å². The van der Waals surface area contributed by atoms with Gasteiger partial charge in [-0.05, 0) is 32.5 Å². The number of aliphatic imine (C=N–C) groups is 1. The van der Waals surface area contributed by atoms with Gasteiger partial charge in [0.15, 0.2) is 5.96 Å². The summed E-state index contributed by atoms with van der Waals surface area (Å²) in [5, 5.41) is 6.44. The first-order valence-corrected chi connectivity index (χ1v) is 8.26. The summed E-state index contributed by atoms with van der Waals surface area (Å²) in [5.74, 6) is 0.799. The number of hydrogen-bond donors (Lipinski definition) is 2. The molecule has 0 aromatic heterocycles. The highest BCUT2D eigenvalue weighted by Crippen LogP contribution is 2.22. The standard InChI is InChI=1S/C18H30F2N4O.HI/c1-13-7-8-15(25-16(19)20)14(9-13)10-22-17(21-4)23-11-18(2,3)12-24(5)6;/h7-9,16H,10-12H2,1-6H3,(H2,21,22,23);1H. The lowest BCUT2D eigenvalue weighted by atomic mass is 9.93. The highest BCUT2D eigenvalue weighted by Gasteiger charge is 2.19. The van der Waals surface area contributed by atoms with Crippen molar-refractivity contribution in [3.05, 3.63) is 29.3 Å². The number of benzene rings is 1. The van der Waals surface area contributed by atoms with E-state index in [0.717, 1.165) is 18.7 Å². The Kier molecular flexibility index (Phi) is 11.0. The lowest BCUT2D eigenvalue weighted by molar-refractivity contribution is -0.0504. The third kappa shape index (κ3) is 9.51. The molecular formula is C18H31F2IN4O. The number of guanidine groups is 1. The second kappa shape index (κ2) is 11.5. The smallest absolute Gasteiger partial charge is 0.387 e. The van der Waals surface area contributed by atoms with Gasteiger partial charge in [-0.2, -0.15) is 8.78 Å². The Bertz CT molecular complexity index is 580. The summed E-state index contributed by atoms with van der Waals surface area (Å²) in [6, 6.07) is 5.14. The van der Waals surface area contributed by atoms with E-state index in [0.29, 0.717) is 18.1 Å². The molecule has 150 valence electrons. The average Bonchev–Trinajstić information content (AvgIpc) is 2.48. The highest BCUT2D eigenvalue weighted by molar-refractivity contribution is 14.0. The maximum absolute atomic E-state index is 12.5. The zero-order valence-corrected chi connectivity index (χ0v) is 18.7. The molecule has 0 spiro atoms. The van der Waals surface area contributed by atoms with Crippen LogP contribution in [0, 0.1) is 12.3 Å². The Labute approximate surface area is 172 Å². The van der Waals surface area contributed by atoms with Crippen LogP contribution >= 0.6 is 24.0 Å². The fraction of sp³-hybridized carbons (Fsp3) is 0.611. The molecule has 0 bridgehead atoms. The molecule has 0 aliphatic heterocycles. The van der Waals surface area contributed by atoms with Gasteiger partial charge in [0, 0.05) is 32.2 Å². The van der Waals surface area contributed by atoms with Gasteiger partial charge in [-0.25, -0.2) is 0 Å². The third-order valence-electron chi connectivity index (χ3n) is 3.58. The zero-order chi connectivity index (χ0) is 19.0. The lowest BCUT2D eigenvalue weighted by Gasteiger charge is -2.29. The molecule has 26 heavy (non-hydrogen) atoms. The predicted molar refractivity (Wildman–Crippen MR) is 114 cm³/mol. The number of nitrogens with one attached hydrogen (secondary N) is 2. The number of aryl methyl sites for hydroxylation is 1. The summed E-state index contributed by atoms with van der Waals surface area (Å²) in [6.45, 7) is 5.42. The van der Waals surface area contributed by atoms with E-state index in [2.05, 4.69) is 39.1 Å². The van der Waals surface area contributed by atoms with Gasteiger partial charge in [0.1, 0.15) is 5.75 Å².